The molecule has 0 atom stereocenters. The van der Waals surface area contributed by atoms with Crippen LogP contribution in [0.5, 0.6) is 0 Å². The highest BCUT2D eigenvalue weighted by Crippen LogP contribution is 2.16. The van der Waals surface area contributed by atoms with Crippen LogP contribution in [0, 0.1) is 0 Å². The number of esters is 1. The largest absolute Gasteiger partial charge is 0.452 e. The second kappa shape index (κ2) is 7.95. The zero-order chi connectivity index (χ0) is 15.1. The smallest absolute Gasteiger partial charge is 0.339 e. The van der Waals surface area contributed by atoms with Crippen LogP contribution in [-0.2, 0) is 16.0 Å². The number of benzene rings is 1. The summed E-state index contributed by atoms with van der Waals surface area (Å²) >= 11 is 4.92. The molecule has 4 nitrogen and oxygen atoms in total. The number of thiophene rings is 1. The number of rotatable bonds is 6. The Morgan fingerprint density at radius 2 is 2.00 bits per heavy atom. The van der Waals surface area contributed by atoms with Gasteiger partial charge in [0.05, 0.1) is 5.56 Å². The fourth-order valence-corrected chi connectivity index (χ4v) is 2.82. The van der Waals surface area contributed by atoms with Gasteiger partial charge in [-0.05, 0) is 45.9 Å². The van der Waals surface area contributed by atoms with Crippen LogP contribution >= 0.6 is 27.3 Å². The number of carbonyl (C=O) groups excluding carboxylic acids is 2. The van der Waals surface area contributed by atoms with E-state index in [9.17, 15) is 9.59 Å². The van der Waals surface area contributed by atoms with Crippen LogP contribution in [-0.4, -0.2) is 25.0 Å². The minimum atomic E-state index is -0.518. The number of amides is 1. The molecule has 2 rings (SSSR count). The van der Waals surface area contributed by atoms with Gasteiger partial charge >= 0.3 is 5.97 Å². The average molecular weight is 368 g/mol. The van der Waals surface area contributed by atoms with Crippen LogP contribution in [0.3, 0.4) is 0 Å². The van der Waals surface area contributed by atoms with Gasteiger partial charge in [-0.25, -0.2) is 4.79 Å². The number of ether oxygens (including phenoxy) is 1. The van der Waals surface area contributed by atoms with E-state index in [2.05, 4.69) is 21.2 Å². The summed E-state index contributed by atoms with van der Waals surface area (Å²) in [7, 11) is 0. The van der Waals surface area contributed by atoms with Gasteiger partial charge in [-0.15, -0.1) is 11.3 Å². The molecule has 2 aromatic rings. The van der Waals surface area contributed by atoms with Crippen molar-refractivity contribution in [1.29, 1.82) is 0 Å². The molecule has 0 aliphatic rings. The van der Waals surface area contributed by atoms with E-state index in [1.54, 1.807) is 35.6 Å². The van der Waals surface area contributed by atoms with E-state index in [1.807, 2.05) is 17.5 Å². The first-order valence-electron chi connectivity index (χ1n) is 6.37. The Bertz CT molecular complexity index is 613. The number of halogens is 1. The van der Waals surface area contributed by atoms with Gasteiger partial charge < -0.3 is 10.1 Å². The molecule has 0 saturated carbocycles. The molecule has 6 heteroatoms. The number of nitrogens with one attached hydrogen (secondary N) is 1. The van der Waals surface area contributed by atoms with Gasteiger partial charge in [0.15, 0.2) is 6.61 Å². The molecule has 1 aromatic carbocycles. The highest BCUT2D eigenvalue weighted by molar-refractivity contribution is 9.10. The van der Waals surface area contributed by atoms with Gasteiger partial charge in [0, 0.05) is 15.9 Å². The van der Waals surface area contributed by atoms with E-state index < -0.39 is 5.97 Å². The number of hydrogen-bond acceptors (Lipinski definition) is 4. The molecule has 0 aliphatic carbocycles. The Morgan fingerprint density at radius 3 is 2.71 bits per heavy atom. The predicted octanol–water partition coefficient (Wildman–Crippen LogP) is 3.03. The first kappa shape index (κ1) is 15.7. The summed E-state index contributed by atoms with van der Waals surface area (Å²) in [5, 5.41) is 4.72. The Kier molecular flexibility index (Phi) is 5.95. The third-order valence-corrected chi connectivity index (χ3v) is 4.33. The minimum Gasteiger partial charge on any atom is -0.452 e. The summed E-state index contributed by atoms with van der Waals surface area (Å²) in [6.45, 7) is 0.260. The first-order valence-corrected chi connectivity index (χ1v) is 8.05. The molecule has 0 aliphatic heterocycles. The number of carbonyl (C=O) groups is 2. The second-order valence-corrected chi connectivity index (χ2v) is 6.12. The molecule has 110 valence electrons. The van der Waals surface area contributed by atoms with Crippen molar-refractivity contribution in [2.75, 3.05) is 13.2 Å². The van der Waals surface area contributed by atoms with Crippen LogP contribution in [0.1, 0.15) is 15.2 Å². The van der Waals surface area contributed by atoms with E-state index in [1.165, 1.54) is 4.88 Å². The minimum absolute atomic E-state index is 0.273. The molecule has 0 radical (unpaired) electrons. The maximum absolute atomic E-state index is 11.8. The maximum Gasteiger partial charge on any atom is 0.339 e. The third kappa shape index (κ3) is 4.99. The van der Waals surface area contributed by atoms with Crippen molar-refractivity contribution < 1.29 is 14.3 Å². The van der Waals surface area contributed by atoms with Gasteiger partial charge in [-0.3, -0.25) is 4.79 Å². The maximum atomic E-state index is 11.8. The fraction of sp³-hybridized carbons (Fsp3) is 0.200. The molecule has 1 heterocycles. The SMILES string of the molecule is O=C(COC(=O)c1ccccc1Br)NCCc1cccs1. The third-order valence-electron chi connectivity index (χ3n) is 2.70. The summed E-state index contributed by atoms with van der Waals surface area (Å²) in [5.74, 6) is -0.817. The predicted molar refractivity (Wildman–Crippen MR) is 85.5 cm³/mol. The lowest BCUT2D eigenvalue weighted by Gasteiger charge is -2.07. The molecular weight excluding hydrogens is 354 g/mol. The summed E-state index contributed by atoms with van der Waals surface area (Å²) in [4.78, 5) is 24.6. The quantitative estimate of drug-likeness (QED) is 0.798. The zero-order valence-corrected chi connectivity index (χ0v) is 13.6. The molecule has 1 N–H and O–H groups in total. The summed E-state index contributed by atoms with van der Waals surface area (Å²) in [5.41, 5.74) is 0.406. The lowest BCUT2D eigenvalue weighted by Crippen LogP contribution is -2.30. The molecular formula is C15H14BrNO3S. The van der Waals surface area contributed by atoms with E-state index in [0.717, 1.165) is 6.42 Å². The molecule has 1 amide bonds. The van der Waals surface area contributed by atoms with E-state index in [-0.39, 0.29) is 12.5 Å². The lowest BCUT2D eigenvalue weighted by atomic mass is 10.2. The van der Waals surface area contributed by atoms with Gasteiger partial charge in [0.2, 0.25) is 0 Å². The first-order chi connectivity index (χ1) is 10.2. The average Bonchev–Trinajstić information content (AvgIpc) is 2.98. The fourth-order valence-electron chi connectivity index (χ4n) is 1.67. The Labute approximate surface area is 135 Å². The van der Waals surface area contributed by atoms with Gasteiger partial charge in [0.25, 0.3) is 5.91 Å². The van der Waals surface area contributed by atoms with Crippen LogP contribution in [0.15, 0.2) is 46.3 Å². The van der Waals surface area contributed by atoms with Crippen molar-refractivity contribution in [2.45, 2.75) is 6.42 Å². The monoisotopic (exact) mass is 367 g/mol. The van der Waals surface area contributed by atoms with E-state index in [0.29, 0.717) is 16.6 Å². The van der Waals surface area contributed by atoms with Gasteiger partial charge in [-0.2, -0.15) is 0 Å². The molecule has 0 bridgehead atoms. The topological polar surface area (TPSA) is 55.4 Å². The Balaban J connectivity index is 1.71. The van der Waals surface area contributed by atoms with Gasteiger partial charge in [0.1, 0.15) is 0 Å². The highest BCUT2D eigenvalue weighted by Gasteiger charge is 2.12. The summed E-state index contributed by atoms with van der Waals surface area (Å²) in [6, 6.07) is 10.9. The van der Waals surface area contributed by atoms with Crippen LogP contribution < -0.4 is 5.32 Å². The van der Waals surface area contributed by atoms with Crippen molar-refractivity contribution in [3.8, 4) is 0 Å². The zero-order valence-electron chi connectivity index (χ0n) is 11.2. The van der Waals surface area contributed by atoms with Crippen molar-refractivity contribution in [1.82, 2.24) is 5.32 Å². The number of hydrogen-bond donors (Lipinski definition) is 1. The standard InChI is InChI=1S/C15H14BrNO3S/c16-13-6-2-1-5-12(13)15(19)20-10-14(18)17-8-7-11-4-3-9-21-11/h1-6,9H,7-8,10H2,(H,17,18). The summed E-state index contributed by atoms with van der Waals surface area (Å²) < 4.78 is 5.63. The highest BCUT2D eigenvalue weighted by atomic mass is 79.9. The van der Waals surface area contributed by atoms with E-state index >= 15 is 0 Å². The summed E-state index contributed by atoms with van der Waals surface area (Å²) in [6.07, 6.45) is 0.779. The molecule has 0 saturated heterocycles. The van der Waals surface area contributed by atoms with Gasteiger partial charge in [-0.1, -0.05) is 18.2 Å². The molecule has 0 fully saturated rings. The molecule has 1 aromatic heterocycles. The van der Waals surface area contributed by atoms with Crippen LogP contribution in [0.25, 0.3) is 0 Å². The normalized spacial score (nSPS) is 10.1. The lowest BCUT2D eigenvalue weighted by molar-refractivity contribution is -0.124. The van der Waals surface area contributed by atoms with Crippen molar-refractivity contribution >= 4 is 39.1 Å². The van der Waals surface area contributed by atoms with Crippen molar-refractivity contribution in [3.63, 3.8) is 0 Å². The second-order valence-electron chi connectivity index (χ2n) is 4.24. The van der Waals surface area contributed by atoms with Crippen molar-refractivity contribution in [3.05, 3.63) is 56.7 Å². The molecule has 21 heavy (non-hydrogen) atoms. The van der Waals surface area contributed by atoms with E-state index in [4.69, 9.17) is 4.74 Å². The molecule has 0 unspecified atom stereocenters. The Hall–Kier alpha value is -1.66. The van der Waals surface area contributed by atoms with Crippen LogP contribution in [0.2, 0.25) is 0 Å². The van der Waals surface area contributed by atoms with Crippen LogP contribution in [0.4, 0.5) is 0 Å². The van der Waals surface area contributed by atoms with Crippen molar-refractivity contribution in [2.24, 2.45) is 0 Å². The molecule has 0 spiro atoms. The Morgan fingerprint density at radius 1 is 1.19 bits per heavy atom.